The molecule has 6 heteroatoms. The van der Waals surface area contributed by atoms with E-state index in [4.69, 9.17) is 14.2 Å². The van der Waals surface area contributed by atoms with Gasteiger partial charge in [0.05, 0.1) is 0 Å². The average Bonchev–Trinajstić information content (AvgIpc) is 3.50. The Morgan fingerprint density at radius 2 is 0.434 bits per heavy atom. The van der Waals surface area contributed by atoms with Gasteiger partial charge in [-0.3, -0.25) is 14.4 Å². The van der Waals surface area contributed by atoms with E-state index < -0.39 is 6.10 Å². The Balaban J connectivity index is 4.28. The molecule has 0 aromatic heterocycles. The van der Waals surface area contributed by atoms with Gasteiger partial charge in [-0.2, -0.15) is 0 Å². The maximum absolute atomic E-state index is 13.0. The van der Waals surface area contributed by atoms with Gasteiger partial charge in [0, 0.05) is 19.3 Å². The van der Waals surface area contributed by atoms with Gasteiger partial charge in [0.1, 0.15) is 13.2 Å². The number of ether oxygens (including phenoxy) is 3. The first kappa shape index (κ1) is 80.9. The van der Waals surface area contributed by atoms with E-state index in [0.29, 0.717) is 19.3 Å². The molecule has 0 aliphatic rings. The van der Waals surface area contributed by atoms with E-state index in [0.717, 1.165) is 64.2 Å². The number of rotatable bonds is 71. The van der Waals surface area contributed by atoms with Gasteiger partial charge in [0.25, 0.3) is 0 Å². The van der Waals surface area contributed by atoms with Crippen LogP contribution in [-0.2, 0) is 28.6 Å². The van der Waals surface area contributed by atoms with Gasteiger partial charge >= 0.3 is 17.9 Å². The SMILES string of the molecule is CCCCCCC/C=C\C/C=C\CCCCCCCCCCCCCCCC(=O)OCC(COC(=O)CCCCCCCCCCCCCCCCCCCCC)OC(=O)CCCCCCCCCCCCCCCCCCCCCCC. The van der Waals surface area contributed by atoms with Crippen LogP contribution in [0.3, 0.4) is 0 Å². The van der Waals surface area contributed by atoms with Gasteiger partial charge in [0.2, 0.25) is 0 Å². The Bertz CT molecular complexity index is 1340. The van der Waals surface area contributed by atoms with Crippen molar-refractivity contribution in [2.24, 2.45) is 0 Å². The first-order chi connectivity index (χ1) is 41.0. The molecular weight excluding hydrogens is 1020 g/mol. The molecule has 0 aliphatic heterocycles. The minimum Gasteiger partial charge on any atom is -0.462 e. The molecule has 0 heterocycles. The number of unbranched alkanes of at least 4 members (excludes halogenated alkanes) is 56. The van der Waals surface area contributed by atoms with Crippen LogP contribution >= 0.6 is 0 Å². The molecule has 0 saturated carbocycles. The van der Waals surface area contributed by atoms with Crippen LogP contribution in [0, 0.1) is 0 Å². The molecule has 490 valence electrons. The third-order valence-corrected chi connectivity index (χ3v) is 17.5. The van der Waals surface area contributed by atoms with Crippen LogP contribution in [-0.4, -0.2) is 37.2 Å². The first-order valence-electron chi connectivity index (χ1n) is 37.8. The van der Waals surface area contributed by atoms with Crippen LogP contribution < -0.4 is 0 Å². The maximum atomic E-state index is 13.0. The molecule has 1 atom stereocenters. The number of hydrogen-bond acceptors (Lipinski definition) is 6. The lowest BCUT2D eigenvalue weighted by atomic mass is 10.0. The zero-order valence-electron chi connectivity index (χ0n) is 56.5. The van der Waals surface area contributed by atoms with Gasteiger partial charge in [-0.15, -0.1) is 0 Å². The summed E-state index contributed by atoms with van der Waals surface area (Å²) in [4.78, 5) is 38.6. The van der Waals surface area contributed by atoms with E-state index in [1.54, 1.807) is 0 Å². The molecular formula is C77H146O6. The summed E-state index contributed by atoms with van der Waals surface area (Å²) in [6, 6.07) is 0. The number of allylic oxidation sites excluding steroid dienone is 4. The zero-order valence-corrected chi connectivity index (χ0v) is 56.5. The second kappa shape index (κ2) is 72.4. The van der Waals surface area contributed by atoms with Crippen molar-refractivity contribution in [1.82, 2.24) is 0 Å². The molecule has 0 bridgehead atoms. The van der Waals surface area contributed by atoms with E-state index in [-0.39, 0.29) is 31.1 Å². The van der Waals surface area contributed by atoms with E-state index >= 15 is 0 Å². The van der Waals surface area contributed by atoms with Crippen molar-refractivity contribution in [2.75, 3.05) is 13.2 Å². The molecule has 0 fully saturated rings. The Hall–Kier alpha value is -2.11. The summed E-state index contributed by atoms with van der Waals surface area (Å²) in [6.45, 7) is 6.73. The van der Waals surface area contributed by atoms with Crippen LogP contribution in [0.1, 0.15) is 432 Å². The van der Waals surface area contributed by atoms with E-state index in [9.17, 15) is 14.4 Å². The minimum atomic E-state index is -0.769. The molecule has 0 saturated heterocycles. The highest BCUT2D eigenvalue weighted by Crippen LogP contribution is 2.19. The normalized spacial score (nSPS) is 12.1. The van der Waals surface area contributed by atoms with Crippen molar-refractivity contribution in [3.63, 3.8) is 0 Å². The van der Waals surface area contributed by atoms with Crippen LogP contribution in [0.2, 0.25) is 0 Å². The third kappa shape index (κ3) is 70.5. The highest BCUT2D eigenvalue weighted by Gasteiger charge is 2.20. The molecule has 83 heavy (non-hydrogen) atoms. The molecule has 0 aromatic rings. The lowest BCUT2D eigenvalue weighted by Crippen LogP contribution is -2.30. The number of carbonyl (C=O) groups is 3. The predicted molar refractivity (Wildman–Crippen MR) is 363 cm³/mol. The number of esters is 3. The highest BCUT2D eigenvalue weighted by atomic mass is 16.6. The van der Waals surface area contributed by atoms with Crippen molar-refractivity contribution in [3.05, 3.63) is 24.3 Å². The Morgan fingerprint density at radius 3 is 0.663 bits per heavy atom. The summed E-state index contributed by atoms with van der Waals surface area (Å²) >= 11 is 0. The van der Waals surface area contributed by atoms with Crippen molar-refractivity contribution in [2.45, 2.75) is 438 Å². The van der Waals surface area contributed by atoms with Crippen molar-refractivity contribution in [1.29, 1.82) is 0 Å². The van der Waals surface area contributed by atoms with Gasteiger partial charge in [-0.25, -0.2) is 0 Å². The van der Waals surface area contributed by atoms with E-state index in [1.165, 1.54) is 327 Å². The lowest BCUT2D eigenvalue weighted by Gasteiger charge is -2.18. The van der Waals surface area contributed by atoms with Gasteiger partial charge < -0.3 is 14.2 Å². The van der Waals surface area contributed by atoms with E-state index in [1.807, 2.05) is 0 Å². The largest absolute Gasteiger partial charge is 0.462 e. The van der Waals surface area contributed by atoms with Crippen LogP contribution in [0.4, 0.5) is 0 Å². The topological polar surface area (TPSA) is 78.9 Å². The van der Waals surface area contributed by atoms with Crippen LogP contribution in [0.15, 0.2) is 24.3 Å². The minimum absolute atomic E-state index is 0.0636. The second-order valence-corrected chi connectivity index (χ2v) is 25.9. The Kier molecular flexibility index (Phi) is 70.5. The summed E-state index contributed by atoms with van der Waals surface area (Å²) < 4.78 is 17.1. The van der Waals surface area contributed by atoms with Crippen molar-refractivity contribution >= 4 is 17.9 Å². The average molecular weight is 1170 g/mol. The quantitative estimate of drug-likeness (QED) is 0.0261. The van der Waals surface area contributed by atoms with Crippen molar-refractivity contribution in [3.8, 4) is 0 Å². The monoisotopic (exact) mass is 1170 g/mol. The molecule has 0 aromatic carbocycles. The molecule has 0 N–H and O–H groups in total. The lowest BCUT2D eigenvalue weighted by molar-refractivity contribution is -0.167. The fraction of sp³-hybridized carbons (Fsp3) is 0.909. The molecule has 0 spiro atoms. The van der Waals surface area contributed by atoms with E-state index in [2.05, 4.69) is 45.1 Å². The van der Waals surface area contributed by atoms with Crippen LogP contribution in [0.5, 0.6) is 0 Å². The van der Waals surface area contributed by atoms with Gasteiger partial charge in [-0.05, 0) is 51.4 Å². The molecule has 0 aliphatic carbocycles. The maximum Gasteiger partial charge on any atom is 0.306 e. The first-order valence-corrected chi connectivity index (χ1v) is 37.8. The second-order valence-electron chi connectivity index (χ2n) is 25.9. The molecule has 6 nitrogen and oxygen atoms in total. The Labute approximate surface area is 519 Å². The fourth-order valence-corrected chi connectivity index (χ4v) is 11.8. The molecule has 0 amide bonds. The summed E-state index contributed by atoms with van der Waals surface area (Å²) in [5, 5.41) is 0. The number of hydrogen-bond donors (Lipinski definition) is 0. The summed E-state index contributed by atoms with van der Waals surface area (Å²) in [5.41, 5.74) is 0. The molecule has 0 rings (SSSR count). The van der Waals surface area contributed by atoms with Gasteiger partial charge in [-0.1, -0.05) is 385 Å². The summed E-state index contributed by atoms with van der Waals surface area (Å²) in [6.07, 6.45) is 89.3. The smallest absolute Gasteiger partial charge is 0.306 e. The predicted octanol–water partition coefficient (Wildman–Crippen LogP) is 26.1. The highest BCUT2D eigenvalue weighted by molar-refractivity contribution is 5.71. The standard InChI is InChI=1S/C77H146O6/c1-4-7-10-13-16-19-22-25-28-31-34-36-37-38-39-41-43-46-49-52-55-58-61-64-67-70-76(79)82-73-74(72-81-75(78)69-66-63-60-57-54-51-48-45-42-33-30-27-24-21-18-15-12-9-6-3)83-77(80)71-68-65-62-59-56-53-50-47-44-40-35-32-29-26-23-20-17-14-11-8-5-2/h22,25,31,34,74H,4-21,23-24,26-30,32-33,35-73H2,1-3H3/b25-22-,34-31-. The zero-order chi connectivity index (χ0) is 59.9. The molecule has 1 unspecified atom stereocenters. The third-order valence-electron chi connectivity index (χ3n) is 17.5. The van der Waals surface area contributed by atoms with Crippen LogP contribution in [0.25, 0.3) is 0 Å². The fourth-order valence-electron chi connectivity index (χ4n) is 11.8. The number of carbonyl (C=O) groups excluding carboxylic acids is 3. The summed E-state index contributed by atoms with van der Waals surface area (Å²) in [5.74, 6) is -0.825. The Morgan fingerprint density at radius 1 is 0.241 bits per heavy atom. The van der Waals surface area contributed by atoms with Crippen molar-refractivity contribution < 1.29 is 28.6 Å². The van der Waals surface area contributed by atoms with Gasteiger partial charge in [0.15, 0.2) is 6.10 Å². The summed E-state index contributed by atoms with van der Waals surface area (Å²) in [7, 11) is 0. The molecule has 0 radical (unpaired) electrons.